The van der Waals surface area contributed by atoms with Gasteiger partial charge in [-0.3, -0.25) is 9.69 Å². The van der Waals surface area contributed by atoms with Gasteiger partial charge in [0.2, 0.25) is 0 Å². The molecule has 0 aliphatic heterocycles. The monoisotopic (exact) mass is 263 g/mol. The summed E-state index contributed by atoms with van der Waals surface area (Å²) in [5.41, 5.74) is 0. The average molecular weight is 263 g/mol. The molecule has 0 unspecified atom stereocenters. The third kappa shape index (κ3) is 5.50. The highest BCUT2D eigenvalue weighted by molar-refractivity contribution is 7.91. The summed E-state index contributed by atoms with van der Waals surface area (Å²) in [5, 5.41) is 0. The van der Waals surface area contributed by atoms with Gasteiger partial charge in [-0.05, 0) is 19.8 Å². The summed E-state index contributed by atoms with van der Waals surface area (Å²) in [6, 6.07) is 0.367. The van der Waals surface area contributed by atoms with E-state index in [1.54, 1.807) is 13.8 Å². The van der Waals surface area contributed by atoms with E-state index in [2.05, 4.69) is 0 Å². The van der Waals surface area contributed by atoms with Crippen molar-refractivity contribution in [3.8, 4) is 0 Å². The summed E-state index contributed by atoms with van der Waals surface area (Å²) >= 11 is 0. The largest absolute Gasteiger partial charge is 0.465 e. The maximum absolute atomic E-state index is 11.4. The van der Waals surface area contributed by atoms with Gasteiger partial charge in [-0.2, -0.15) is 0 Å². The van der Waals surface area contributed by atoms with Crippen LogP contribution in [0.15, 0.2) is 0 Å². The topological polar surface area (TPSA) is 63.7 Å². The van der Waals surface area contributed by atoms with E-state index in [1.165, 1.54) is 0 Å². The molecular weight excluding hydrogens is 242 g/mol. The Balaban J connectivity index is 2.41. The zero-order chi connectivity index (χ0) is 12.9. The van der Waals surface area contributed by atoms with Crippen molar-refractivity contribution in [3.05, 3.63) is 0 Å². The van der Waals surface area contributed by atoms with Crippen molar-refractivity contribution < 1.29 is 17.9 Å². The molecule has 0 bridgehead atoms. The van der Waals surface area contributed by atoms with E-state index in [-0.39, 0.29) is 24.0 Å². The van der Waals surface area contributed by atoms with E-state index in [1.807, 2.05) is 4.90 Å². The molecule has 1 saturated carbocycles. The Bertz CT molecular complexity index is 348. The van der Waals surface area contributed by atoms with Gasteiger partial charge in [0, 0.05) is 18.3 Å². The van der Waals surface area contributed by atoms with Gasteiger partial charge in [0.1, 0.15) is 0 Å². The van der Waals surface area contributed by atoms with Crippen LogP contribution in [0.4, 0.5) is 0 Å². The normalized spacial score (nSPS) is 16.2. The smallest absolute Gasteiger partial charge is 0.320 e. The molecule has 0 saturated heterocycles. The Morgan fingerprint density at radius 3 is 2.47 bits per heavy atom. The number of hydrogen-bond donors (Lipinski definition) is 0. The minimum absolute atomic E-state index is 0.124. The summed E-state index contributed by atoms with van der Waals surface area (Å²) in [4.78, 5) is 13.3. The highest BCUT2D eigenvalue weighted by Crippen LogP contribution is 2.26. The first-order valence-electron chi connectivity index (χ1n) is 6.08. The molecule has 0 N–H and O–H groups in total. The molecule has 1 aliphatic rings. The lowest BCUT2D eigenvalue weighted by atomic mass is 10.4. The maximum Gasteiger partial charge on any atom is 0.320 e. The number of esters is 1. The zero-order valence-corrected chi connectivity index (χ0v) is 11.3. The lowest BCUT2D eigenvalue weighted by Crippen LogP contribution is -2.36. The fourth-order valence-electron chi connectivity index (χ4n) is 1.60. The number of sulfone groups is 1. The van der Waals surface area contributed by atoms with Crippen LogP contribution in [0.3, 0.4) is 0 Å². The quantitative estimate of drug-likeness (QED) is 0.595. The fraction of sp³-hybridized carbons (Fsp3) is 0.909. The van der Waals surface area contributed by atoms with Crippen molar-refractivity contribution in [2.75, 3.05) is 31.2 Å². The van der Waals surface area contributed by atoms with E-state index >= 15 is 0 Å². The Morgan fingerprint density at radius 2 is 2.00 bits per heavy atom. The molecule has 0 radical (unpaired) electrons. The number of nitrogens with zero attached hydrogens (tertiary/aromatic N) is 1. The number of ether oxygens (including phenoxy) is 1. The van der Waals surface area contributed by atoms with Crippen LogP contribution in [0.5, 0.6) is 0 Å². The molecule has 0 amide bonds. The molecular formula is C11H21NO4S. The van der Waals surface area contributed by atoms with Gasteiger partial charge in [0.15, 0.2) is 9.84 Å². The zero-order valence-electron chi connectivity index (χ0n) is 10.5. The van der Waals surface area contributed by atoms with Gasteiger partial charge >= 0.3 is 5.97 Å². The van der Waals surface area contributed by atoms with E-state index in [4.69, 9.17) is 4.74 Å². The first-order chi connectivity index (χ1) is 7.98. The summed E-state index contributed by atoms with van der Waals surface area (Å²) in [7, 11) is -2.96. The van der Waals surface area contributed by atoms with Crippen molar-refractivity contribution in [1.82, 2.24) is 4.90 Å². The molecule has 0 aromatic rings. The Labute approximate surface area is 103 Å². The van der Waals surface area contributed by atoms with Crippen LogP contribution in [0.1, 0.15) is 26.7 Å². The molecule has 17 heavy (non-hydrogen) atoms. The first kappa shape index (κ1) is 14.4. The van der Waals surface area contributed by atoms with Gasteiger partial charge in [0.25, 0.3) is 0 Å². The molecule has 1 rings (SSSR count). The lowest BCUT2D eigenvalue weighted by molar-refractivity contribution is -0.144. The second-order valence-electron chi connectivity index (χ2n) is 4.24. The van der Waals surface area contributed by atoms with Crippen molar-refractivity contribution in [2.24, 2.45) is 0 Å². The Kier molecular flexibility index (Phi) is 5.39. The maximum atomic E-state index is 11.4. The standard InChI is InChI=1S/C11H21NO4S/c1-3-16-11(13)9-12(10-5-6-10)7-8-17(14,15)4-2/h10H,3-9H2,1-2H3. The molecule has 0 heterocycles. The van der Waals surface area contributed by atoms with Crippen molar-refractivity contribution in [1.29, 1.82) is 0 Å². The minimum atomic E-state index is -2.96. The number of rotatable bonds is 8. The van der Waals surface area contributed by atoms with Crippen molar-refractivity contribution >= 4 is 15.8 Å². The number of hydrogen-bond acceptors (Lipinski definition) is 5. The van der Waals surface area contributed by atoms with Crippen LogP contribution in [0.25, 0.3) is 0 Å². The van der Waals surface area contributed by atoms with Gasteiger partial charge in [-0.25, -0.2) is 8.42 Å². The van der Waals surface area contributed by atoms with Crippen molar-refractivity contribution in [3.63, 3.8) is 0 Å². The van der Waals surface area contributed by atoms with Gasteiger partial charge < -0.3 is 4.74 Å². The molecule has 1 fully saturated rings. The Morgan fingerprint density at radius 1 is 1.35 bits per heavy atom. The van der Waals surface area contributed by atoms with Gasteiger partial charge in [0.05, 0.1) is 18.9 Å². The van der Waals surface area contributed by atoms with Gasteiger partial charge in [-0.1, -0.05) is 6.92 Å². The third-order valence-electron chi connectivity index (χ3n) is 2.83. The SMILES string of the molecule is CCOC(=O)CN(CCS(=O)(=O)CC)C1CC1. The minimum Gasteiger partial charge on any atom is -0.465 e. The summed E-state index contributed by atoms with van der Waals surface area (Å²) in [6.07, 6.45) is 2.09. The summed E-state index contributed by atoms with van der Waals surface area (Å²) < 4.78 is 27.7. The van der Waals surface area contributed by atoms with E-state index in [9.17, 15) is 13.2 Å². The molecule has 0 aromatic carbocycles. The van der Waals surface area contributed by atoms with Crippen LogP contribution >= 0.6 is 0 Å². The first-order valence-corrected chi connectivity index (χ1v) is 7.90. The molecule has 0 spiro atoms. The van der Waals surface area contributed by atoms with E-state index in [0.717, 1.165) is 12.8 Å². The average Bonchev–Trinajstić information content (AvgIpc) is 3.08. The van der Waals surface area contributed by atoms with Crippen LogP contribution in [0.2, 0.25) is 0 Å². The Hall–Kier alpha value is -0.620. The van der Waals surface area contributed by atoms with Crippen LogP contribution in [-0.2, 0) is 19.4 Å². The molecule has 5 nitrogen and oxygen atoms in total. The molecule has 0 atom stereocenters. The number of carbonyl (C=O) groups is 1. The summed E-state index contributed by atoms with van der Waals surface area (Å²) in [6.45, 7) is 4.41. The second-order valence-corrected chi connectivity index (χ2v) is 6.72. The van der Waals surface area contributed by atoms with E-state index in [0.29, 0.717) is 19.2 Å². The third-order valence-corrected chi connectivity index (χ3v) is 4.51. The van der Waals surface area contributed by atoms with Gasteiger partial charge in [-0.15, -0.1) is 0 Å². The summed E-state index contributed by atoms with van der Waals surface area (Å²) in [5.74, 6) is 0.0120. The highest BCUT2D eigenvalue weighted by Gasteiger charge is 2.31. The van der Waals surface area contributed by atoms with Crippen LogP contribution in [-0.4, -0.2) is 56.5 Å². The van der Waals surface area contributed by atoms with Crippen LogP contribution in [0, 0.1) is 0 Å². The molecule has 6 heteroatoms. The predicted molar refractivity (Wildman–Crippen MR) is 65.6 cm³/mol. The highest BCUT2D eigenvalue weighted by atomic mass is 32.2. The second kappa shape index (κ2) is 6.35. The van der Waals surface area contributed by atoms with Crippen LogP contribution < -0.4 is 0 Å². The van der Waals surface area contributed by atoms with Crippen molar-refractivity contribution in [2.45, 2.75) is 32.7 Å². The molecule has 0 aromatic heterocycles. The fourth-order valence-corrected chi connectivity index (χ4v) is 2.40. The molecule has 100 valence electrons. The predicted octanol–water partition coefficient (Wildman–Crippen LogP) is 0.449. The van der Waals surface area contributed by atoms with E-state index < -0.39 is 9.84 Å². The molecule has 1 aliphatic carbocycles. The number of carbonyl (C=O) groups excluding carboxylic acids is 1. The lowest BCUT2D eigenvalue weighted by Gasteiger charge is -2.20.